The number of amides is 2. The lowest BCUT2D eigenvalue weighted by Gasteiger charge is -2.31. The van der Waals surface area contributed by atoms with E-state index in [-0.39, 0.29) is 18.4 Å². The van der Waals surface area contributed by atoms with E-state index >= 15 is 0 Å². The van der Waals surface area contributed by atoms with Gasteiger partial charge in [-0.1, -0.05) is 30.8 Å². The highest BCUT2D eigenvalue weighted by Crippen LogP contribution is 2.32. The summed E-state index contributed by atoms with van der Waals surface area (Å²) >= 11 is 0. The van der Waals surface area contributed by atoms with Crippen molar-refractivity contribution in [3.05, 3.63) is 66.7 Å². The molecule has 0 spiro atoms. The third kappa shape index (κ3) is 4.26. The average Bonchev–Trinajstić information content (AvgIpc) is 2.79. The summed E-state index contributed by atoms with van der Waals surface area (Å²) in [6, 6.07) is 15.2. The van der Waals surface area contributed by atoms with Gasteiger partial charge in [-0.3, -0.25) is 9.59 Å². The minimum absolute atomic E-state index is 0.00181. The van der Waals surface area contributed by atoms with E-state index in [0.717, 1.165) is 31.6 Å². The molecule has 6 nitrogen and oxygen atoms in total. The van der Waals surface area contributed by atoms with Crippen LogP contribution >= 0.6 is 0 Å². The maximum absolute atomic E-state index is 12.5. The maximum atomic E-state index is 12.5. The molecule has 1 atom stereocenters. The highest BCUT2D eigenvalue weighted by molar-refractivity contribution is 5.94. The fraction of sp³-hybridized carbons (Fsp3) is 0.304. The minimum atomic E-state index is -0.684. The van der Waals surface area contributed by atoms with Gasteiger partial charge in [-0.05, 0) is 54.7 Å². The van der Waals surface area contributed by atoms with Gasteiger partial charge in [-0.2, -0.15) is 0 Å². The molecule has 6 heteroatoms. The molecule has 1 N–H and O–H groups in total. The summed E-state index contributed by atoms with van der Waals surface area (Å²) < 4.78 is 11.4. The fourth-order valence-corrected chi connectivity index (χ4v) is 3.77. The monoisotopic (exact) mass is 392 g/mol. The van der Waals surface area contributed by atoms with Crippen molar-refractivity contribution in [2.75, 3.05) is 25.0 Å². The quantitative estimate of drug-likeness (QED) is 0.811. The summed E-state index contributed by atoms with van der Waals surface area (Å²) in [6.07, 6.45) is 2.55. The smallest absolute Gasteiger partial charge is 0.269 e. The van der Waals surface area contributed by atoms with Crippen LogP contribution < -0.4 is 14.8 Å². The van der Waals surface area contributed by atoms with Crippen LogP contribution in [0.25, 0.3) is 0 Å². The molecule has 0 aromatic heterocycles. The molecule has 0 radical (unpaired) electrons. The van der Waals surface area contributed by atoms with Crippen molar-refractivity contribution in [3.8, 4) is 11.5 Å². The van der Waals surface area contributed by atoms with Crippen LogP contribution in [0.3, 0.4) is 0 Å². The van der Waals surface area contributed by atoms with Crippen LogP contribution in [-0.2, 0) is 9.59 Å². The lowest BCUT2D eigenvalue weighted by Crippen LogP contribution is -2.40. The van der Waals surface area contributed by atoms with Crippen LogP contribution in [0.15, 0.2) is 61.2 Å². The Morgan fingerprint density at radius 2 is 1.72 bits per heavy atom. The number of fused-ring (bicyclic) bond motifs is 1. The molecule has 2 heterocycles. The number of nitrogens with zero attached hydrogens (tertiary/aromatic N) is 1. The van der Waals surface area contributed by atoms with Gasteiger partial charge in [0.1, 0.15) is 6.61 Å². The van der Waals surface area contributed by atoms with Crippen LogP contribution in [0.1, 0.15) is 24.3 Å². The number of ether oxygens (including phenoxy) is 2. The Morgan fingerprint density at radius 1 is 1.03 bits per heavy atom. The molecule has 4 rings (SSSR count). The molecular weight excluding hydrogens is 368 g/mol. The zero-order valence-corrected chi connectivity index (χ0v) is 16.2. The number of hydrogen-bond donors (Lipinski definition) is 1. The molecule has 2 aromatic carbocycles. The molecule has 2 aliphatic heterocycles. The van der Waals surface area contributed by atoms with Gasteiger partial charge in [-0.15, -0.1) is 0 Å². The van der Waals surface area contributed by atoms with Crippen molar-refractivity contribution in [1.82, 2.24) is 4.90 Å². The first-order valence-corrected chi connectivity index (χ1v) is 9.84. The number of carbonyl (C=O) groups is 2. The molecule has 0 aliphatic carbocycles. The topological polar surface area (TPSA) is 67.9 Å². The molecule has 1 unspecified atom stereocenters. The fourth-order valence-electron chi connectivity index (χ4n) is 3.77. The van der Waals surface area contributed by atoms with Crippen molar-refractivity contribution >= 4 is 17.5 Å². The van der Waals surface area contributed by atoms with Crippen molar-refractivity contribution < 1.29 is 19.1 Å². The molecule has 1 fully saturated rings. The first-order valence-electron chi connectivity index (χ1n) is 9.84. The number of rotatable bonds is 4. The van der Waals surface area contributed by atoms with E-state index in [1.54, 1.807) is 6.07 Å². The van der Waals surface area contributed by atoms with Gasteiger partial charge in [-0.25, -0.2) is 0 Å². The zero-order chi connectivity index (χ0) is 20.2. The van der Waals surface area contributed by atoms with E-state index in [9.17, 15) is 9.59 Å². The number of likely N-dealkylation sites (tertiary alicyclic amines) is 1. The second kappa shape index (κ2) is 8.39. The van der Waals surface area contributed by atoms with Crippen LogP contribution in [0.5, 0.6) is 11.5 Å². The van der Waals surface area contributed by atoms with E-state index in [1.807, 2.05) is 47.4 Å². The van der Waals surface area contributed by atoms with Gasteiger partial charge in [0.15, 0.2) is 11.5 Å². The number of piperidine rings is 1. The van der Waals surface area contributed by atoms with Gasteiger partial charge in [0.2, 0.25) is 12.0 Å². The van der Waals surface area contributed by atoms with Crippen molar-refractivity contribution in [2.24, 2.45) is 0 Å². The second-order valence-electron chi connectivity index (χ2n) is 7.28. The zero-order valence-electron chi connectivity index (χ0n) is 16.2. The van der Waals surface area contributed by atoms with Gasteiger partial charge >= 0.3 is 0 Å². The Hall–Kier alpha value is -3.28. The molecule has 2 aliphatic rings. The van der Waals surface area contributed by atoms with Gasteiger partial charge in [0.25, 0.3) is 5.91 Å². The number of carbonyl (C=O) groups excluding carboxylic acids is 2. The Bertz CT molecular complexity index is 901. The summed E-state index contributed by atoms with van der Waals surface area (Å²) in [5.74, 6) is 1.42. The lowest BCUT2D eigenvalue weighted by atomic mass is 9.89. The number of benzene rings is 2. The first-order chi connectivity index (χ1) is 14.1. The van der Waals surface area contributed by atoms with Crippen molar-refractivity contribution in [1.29, 1.82) is 0 Å². The third-order valence-corrected chi connectivity index (χ3v) is 5.43. The normalized spacial score (nSPS) is 18.8. The Morgan fingerprint density at radius 3 is 2.41 bits per heavy atom. The largest absolute Gasteiger partial charge is 0.485 e. The molecule has 2 aromatic rings. The predicted octanol–water partition coefficient (Wildman–Crippen LogP) is 3.36. The van der Waals surface area contributed by atoms with Crippen LogP contribution in [-0.4, -0.2) is 42.5 Å². The third-order valence-electron chi connectivity index (χ3n) is 5.43. The molecule has 150 valence electrons. The summed E-state index contributed by atoms with van der Waals surface area (Å²) in [4.78, 5) is 26.1. The molecule has 2 amide bonds. The SMILES string of the molecule is C=CC(=O)N1CCC(c2ccc(NC(=O)C3COc4ccccc4O3)cc2)CC1. The van der Waals surface area contributed by atoms with E-state index in [4.69, 9.17) is 9.47 Å². The standard InChI is InChI=1S/C23H24N2O4/c1-2-22(26)25-13-11-17(12-14-25)16-7-9-18(10-8-16)24-23(27)21-15-28-19-5-3-4-6-20(19)29-21/h2-10,17,21H,1,11-15H2,(H,24,27). The minimum Gasteiger partial charge on any atom is -0.485 e. The first kappa shape index (κ1) is 19.1. The van der Waals surface area contributed by atoms with E-state index in [1.165, 1.54) is 11.6 Å². The molecule has 0 bridgehead atoms. The molecule has 29 heavy (non-hydrogen) atoms. The van der Waals surface area contributed by atoms with Gasteiger partial charge in [0.05, 0.1) is 0 Å². The Kier molecular flexibility index (Phi) is 5.51. The lowest BCUT2D eigenvalue weighted by molar-refractivity contribution is -0.127. The Labute approximate surface area is 170 Å². The molecule has 1 saturated heterocycles. The number of anilines is 1. The van der Waals surface area contributed by atoms with E-state index < -0.39 is 6.10 Å². The van der Waals surface area contributed by atoms with E-state index in [0.29, 0.717) is 17.4 Å². The second-order valence-corrected chi connectivity index (χ2v) is 7.28. The highest BCUT2D eigenvalue weighted by atomic mass is 16.6. The summed E-state index contributed by atoms with van der Waals surface area (Å²) in [7, 11) is 0. The van der Waals surface area contributed by atoms with Crippen LogP contribution in [0.2, 0.25) is 0 Å². The predicted molar refractivity (Wildman–Crippen MR) is 110 cm³/mol. The summed E-state index contributed by atoms with van der Waals surface area (Å²) in [5.41, 5.74) is 1.94. The highest BCUT2D eigenvalue weighted by Gasteiger charge is 2.27. The van der Waals surface area contributed by atoms with Crippen LogP contribution in [0, 0.1) is 0 Å². The van der Waals surface area contributed by atoms with Crippen molar-refractivity contribution in [2.45, 2.75) is 24.9 Å². The number of para-hydroxylation sites is 2. The summed E-state index contributed by atoms with van der Waals surface area (Å²) in [6.45, 7) is 5.22. The Balaban J connectivity index is 1.32. The summed E-state index contributed by atoms with van der Waals surface area (Å²) in [5, 5.41) is 2.89. The van der Waals surface area contributed by atoms with Crippen LogP contribution in [0.4, 0.5) is 5.69 Å². The van der Waals surface area contributed by atoms with E-state index in [2.05, 4.69) is 11.9 Å². The number of nitrogens with one attached hydrogen (secondary N) is 1. The van der Waals surface area contributed by atoms with Gasteiger partial charge < -0.3 is 19.7 Å². The maximum Gasteiger partial charge on any atom is 0.269 e. The molecule has 0 saturated carbocycles. The molecular formula is C23H24N2O4. The average molecular weight is 392 g/mol. The van der Waals surface area contributed by atoms with Gasteiger partial charge in [0, 0.05) is 18.8 Å². The van der Waals surface area contributed by atoms with Crippen molar-refractivity contribution in [3.63, 3.8) is 0 Å². The number of hydrogen-bond acceptors (Lipinski definition) is 4.